The van der Waals surface area contributed by atoms with Crippen LogP contribution < -0.4 is 0 Å². The third kappa shape index (κ3) is 1.96. The second-order valence-corrected chi connectivity index (χ2v) is 4.74. The molecule has 0 heterocycles. The van der Waals surface area contributed by atoms with E-state index in [9.17, 15) is 4.79 Å². The van der Waals surface area contributed by atoms with Crippen LogP contribution in [0, 0.1) is 11.3 Å². The first-order chi connectivity index (χ1) is 5.42. The normalized spacial score (nSPS) is 28.6. The Morgan fingerprint density at radius 3 is 2.58 bits per heavy atom. The van der Waals surface area contributed by atoms with E-state index in [1.165, 1.54) is 0 Å². The van der Waals surface area contributed by atoms with Gasteiger partial charge in [0.25, 0.3) is 0 Å². The van der Waals surface area contributed by atoms with Crippen molar-refractivity contribution in [2.45, 2.75) is 40.0 Å². The van der Waals surface area contributed by atoms with Crippen molar-refractivity contribution in [1.29, 1.82) is 0 Å². The monoisotopic (exact) mass is 166 g/mol. The fraction of sp³-hybridized carbons (Fsp3) is 0.727. The van der Waals surface area contributed by atoms with Crippen LogP contribution in [0.2, 0.25) is 0 Å². The second-order valence-electron chi connectivity index (χ2n) is 4.74. The van der Waals surface area contributed by atoms with Crippen LogP contribution in [0.5, 0.6) is 0 Å². The van der Waals surface area contributed by atoms with Crippen LogP contribution in [0.3, 0.4) is 0 Å². The van der Waals surface area contributed by atoms with E-state index in [2.05, 4.69) is 20.4 Å². The topological polar surface area (TPSA) is 17.1 Å². The average molecular weight is 166 g/mol. The van der Waals surface area contributed by atoms with Crippen molar-refractivity contribution < 1.29 is 4.79 Å². The summed E-state index contributed by atoms with van der Waals surface area (Å²) in [6.07, 6.45) is 2.88. The molecule has 0 bridgehead atoms. The third-order valence-electron chi connectivity index (χ3n) is 2.75. The number of carbonyl (C=O) groups excluding carboxylic acids is 1. The lowest BCUT2D eigenvalue weighted by molar-refractivity contribution is -0.126. The minimum absolute atomic E-state index is 0.151. The maximum Gasteiger partial charge on any atom is 0.140 e. The molecule has 1 fully saturated rings. The molecule has 0 radical (unpaired) electrons. The largest absolute Gasteiger partial charge is 0.299 e. The molecular weight excluding hydrogens is 148 g/mol. The highest BCUT2D eigenvalue weighted by molar-refractivity contribution is 5.84. The highest BCUT2D eigenvalue weighted by atomic mass is 16.1. The molecule has 1 nitrogen and oxygen atoms in total. The Kier molecular flexibility index (Phi) is 2.41. The standard InChI is InChI=1S/C11H18O/c1-8(2)9-5-6-11(3,4)7-10(9)12/h9H,1,5-7H2,2-4H3. The van der Waals surface area contributed by atoms with Gasteiger partial charge in [0.2, 0.25) is 0 Å². The molecule has 1 saturated carbocycles. The SMILES string of the molecule is C=C(C)C1CCC(C)(C)CC1=O. The summed E-state index contributed by atoms with van der Waals surface area (Å²) in [6, 6.07) is 0. The van der Waals surface area contributed by atoms with E-state index >= 15 is 0 Å². The zero-order chi connectivity index (χ0) is 9.35. The molecule has 0 saturated heterocycles. The van der Waals surface area contributed by atoms with E-state index in [-0.39, 0.29) is 11.3 Å². The Hall–Kier alpha value is -0.590. The van der Waals surface area contributed by atoms with Crippen LogP contribution in [0.1, 0.15) is 40.0 Å². The molecule has 12 heavy (non-hydrogen) atoms. The smallest absolute Gasteiger partial charge is 0.140 e. The van der Waals surface area contributed by atoms with E-state index in [0.29, 0.717) is 5.78 Å². The van der Waals surface area contributed by atoms with Gasteiger partial charge in [-0.3, -0.25) is 4.79 Å². The Bertz CT molecular complexity index is 213. The van der Waals surface area contributed by atoms with E-state index < -0.39 is 0 Å². The maximum absolute atomic E-state index is 11.6. The summed E-state index contributed by atoms with van der Waals surface area (Å²) in [5.41, 5.74) is 1.26. The Morgan fingerprint density at radius 2 is 2.17 bits per heavy atom. The van der Waals surface area contributed by atoms with Gasteiger partial charge in [-0.15, -0.1) is 0 Å². The quantitative estimate of drug-likeness (QED) is 0.547. The molecule has 0 aromatic heterocycles. The first kappa shape index (κ1) is 9.50. The molecule has 0 spiro atoms. The molecule has 1 unspecified atom stereocenters. The summed E-state index contributed by atoms with van der Waals surface area (Å²) < 4.78 is 0. The fourth-order valence-electron chi connectivity index (χ4n) is 1.90. The lowest BCUT2D eigenvalue weighted by Gasteiger charge is -2.33. The molecule has 0 aromatic carbocycles. The van der Waals surface area contributed by atoms with Crippen LogP contribution in [-0.2, 0) is 4.79 Å². The van der Waals surface area contributed by atoms with Crippen LogP contribution in [-0.4, -0.2) is 5.78 Å². The van der Waals surface area contributed by atoms with Crippen molar-refractivity contribution in [3.8, 4) is 0 Å². The molecule has 1 aliphatic carbocycles. The van der Waals surface area contributed by atoms with E-state index in [1.807, 2.05) is 6.92 Å². The first-order valence-electron chi connectivity index (χ1n) is 4.60. The number of rotatable bonds is 1. The highest BCUT2D eigenvalue weighted by Gasteiger charge is 2.33. The van der Waals surface area contributed by atoms with Crippen molar-refractivity contribution >= 4 is 5.78 Å². The van der Waals surface area contributed by atoms with Gasteiger partial charge >= 0.3 is 0 Å². The molecule has 0 N–H and O–H groups in total. The third-order valence-corrected chi connectivity index (χ3v) is 2.75. The zero-order valence-corrected chi connectivity index (χ0v) is 8.31. The molecule has 1 atom stereocenters. The number of allylic oxidation sites excluding steroid dienone is 1. The Balaban J connectivity index is 2.66. The van der Waals surface area contributed by atoms with Gasteiger partial charge in [0.1, 0.15) is 5.78 Å². The lowest BCUT2D eigenvalue weighted by atomic mass is 9.71. The summed E-state index contributed by atoms with van der Waals surface area (Å²) in [6.45, 7) is 10.1. The molecule has 1 aliphatic rings. The van der Waals surface area contributed by atoms with Gasteiger partial charge in [-0.05, 0) is 25.2 Å². The maximum atomic E-state index is 11.6. The van der Waals surface area contributed by atoms with E-state index in [1.54, 1.807) is 0 Å². The average Bonchev–Trinajstić information content (AvgIpc) is 1.83. The van der Waals surface area contributed by atoms with Gasteiger partial charge < -0.3 is 0 Å². The minimum atomic E-state index is 0.151. The lowest BCUT2D eigenvalue weighted by Crippen LogP contribution is -2.30. The highest BCUT2D eigenvalue weighted by Crippen LogP contribution is 2.37. The van der Waals surface area contributed by atoms with Crippen LogP contribution in [0.25, 0.3) is 0 Å². The van der Waals surface area contributed by atoms with Gasteiger partial charge in [0.15, 0.2) is 0 Å². The van der Waals surface area contributed by atoms with Crippen LogP contribution in [0.15, 0.2) is 12.2 Å². The van der Waals surface area contributed by atoms with Crippen molar-refractivity contribution in [2.24, 2.45) is 11.3 Å². The van der Waals surface area contributed by atoms with Gasteiger partial charge in [0, 0.05) is 12.3 Å². The van der Waals surface area contributed by atoms with E-state index in [4.69, 9.17) is 0 Å². The summed E-state index contributed by atoms with van der Waals surface area (Å²) in [5.74, 6) is 0.539. The summed E-state index contributed by atoms with van der Waals surface area (Å²) >= 11 is 0. The summed E-state index contributed by atoms with van der Waals surface area (Å²) in [4.78, 5) is 11.6. The zero-order valence-electron chi connectivity index (χ0n) is 8.31. The molecule has 1 rings (SSSR count). The van der Waals surface area contributed by atoms with Crippen LogP contribution in [0.4, 0.5) is 0 Å². The number of hydrogen-bond donors (Lipinski definition) is 0. The number of hydrogen-bond acceptors (Lipinski definition) is 1. The van der Waals surface area contributed by atoms with Crippen molar-refractivity contribution in [3.63, 3.8) is 0 Å². The van der Waals surface area contributed by atoms with Crippen LogP contribution >= 0.6 is 0 Å². The molecular formula is C11H18O. The molecule has 0 aliphatic heterocycles. The number of ketones is 1. The van der Waals surface area contributed by atoms with Gasteiger partial charge in [-0.2, -0.15) is 0 Å². The van der Waals surface area contributed by atoms with Crippen molar-refractivity contribution in [1.82, 2.24) is 0 Å². The Morgan fingerprint density at radius 1 is 1.58 bits per heavy atom. The summed E-state index contributed by atoms with van der Waals surface area (Å²) in [7, 11) is 0. The van der Waals surface area contributed by atoms with E-state index in [0.717, 1.165) is 24.8 Å². The second kappa shape index (κ2) is 3.04. The predicted molar refractivity (Wildman–Crippen MR) is 50.9 cm³/mol. The molecule has 0 amide bonds. The minimum Gasteiger partial charge on any atom is -0.299 e. The predicted octanol–water partition coefficient (Wildman–Crippen LogP) is 2.96. The molecule has 68 valence electrons. The summed E-state index contributed by atoms with van der Waals surface area (Å²) in [5, 5.41) is 0. The first-order valence-corrected chi connectivity index (χ1v) is 4.60. The number of Topliss-reactive ketones (excluding diaryl/α,β-unsaturated/α-hetero) is 1. The van der Waals surface area contributed by atoms with Crippen molar-refractivity contribution in [2.75, 3.05) is 0 Å². The fourth-order valence-corrected chi connectivity index (χ4v) is 1.90. The van der Waals surface area contributed by atoms with Crippen molar-refractivity contribution in [3.05, 3.63) is 12.2 Å². The van der Waals surface area contributed by atoms with Gasteiger partial charge in [-0.1, -0.05) is 26.0 Å². The number of carbonyl (C=O) groups is 1. The van der Waals surface area contributed by atoms with Gasteiger partial charge in [-0.25, -0.2) is 0 Å². The Labute approximate surface area is 74.9 Å². The molecule has 1 heteroatoms. The molecule has 0 aromatic rings. The van der Waals surface area contributed by atoms with Gasteiger partial charge in [0.05, 0.1) is 0 Å².